The molecule has 2 atom stereocenters. The number of likely N-dealkylation sites (N-methyl/N-ethyl adjacent to an activating group) is 3. The molecular formula is C7H17N3. The van der Waals surface area contributed by atoms with Crippen LogP contribution in [0.1, 0.15) is 6.42 Å². The maximum absolute atomic E-state index is 3.28. The molecule has 0 amide bonds. The SMILES string of the molecule is CNC1CC(NC)C1NC. The third-order valence-corrected chi connectivity index (χ3v) is 2.45. The Bertz CT molecular complexity index is 95.0. The molecule has 2 unspecified atom stereocenters. The average molecular weight is 143 g/mol. The molecule has 3 N–H and O–H groups in total. The van der Waals surface area contributed by atoms with Crippen LogP contribution < -0.4 is 16.0 Å². The van der Waals surface area contributed by atoms with E-state index in [-0.39, 0.29) is 0 Å². The van der Waals surface area contributed by atoms with E-state index in [4.69, 9.17) is 0 Å². The molecule has 0 aromatic carbocycles. The van der Waals surface area contributed by atoms with Crippen molar-refractivity contribution in [3.05, 3.63) is 0 Å². The average Bonchev–Trinajstić information content (AvgIpc) is 1.89. The number of nitrogens with one attached hydrogen (secondary N) is 3. The Morgan fingerprint density at radius 1 is 0.900 bits per heavy atom. The zero-order valence-corrected chi connectivity index (χ0v) is 6.94. The van der Waals surface area contributed by atoms with Gasteiger partial charge in [-0.1, -0.05) is 0 Å². The van der Waals surface area contributed by atoms with Crippen molar-refractivity contribution in [3.63, 3.8) is 0 Å². The van der Waals surface area contributed by atoms with Crippen molar-refractivity contribution >= 4 is 0 Å². The first kappa shape index (κ1) is 7.98. The van der Waals surface area contributed by atoms with Crippen molar-refractivity contribution in [1.82, 2.24) is 16.0 Å². The zero-order chi connectivity index (χ0) is 7.56. The molecule has 1 aliphatic rings. The standard InChI is InChI=1S/C7H17N3/c1-8-5-4-6(9-2)7(5)10-3/h5-10H,4H2,1-3H3. The molecule has 10 heavy (non-hydrogen) atoms. The summed E-state index contributed by atoms with van der Waals surface area (Å²) in [5, 5.41) is 9.81. The maximum Gasteiger partial charge on any atom is 0.0374 e. The molecule has 0 aromatic heterocycles. The summed E-state index contributed by atoms with van der Waals surface area (Å²) in [4.78, 5) is 0. The molecule has 0 spiro atoms. The second kappa shape index (κ2) is 3.32. The lowest BCUT2D eigenvalue weighted by Gasteiger charge is -2.44. The molecule has 1 fully saturated rings. The molecule has 0 radical (unpaired) electrons. The van der Waals surface area contributed by atoms with Crippen LogP contribution in [0.4, 0.5) is 0 Å². The lowest BCUT2D eigenvalue weighted by molar-refractivity contribution is 0.193. The van der Waals surface area contributed by atoms with Gasteiger partial charge in [0.15, 0.2) is 0 Å². The molecule has 1 rings (SSSR count). The number of hydrogen-bond acceptors (Lipinski definition) is 3. The van der Waals surface area contributed by atoms with Crippen molar-refractivity contribution in [1.29, 1.82) is 0 Å². The minimum atomic E-state index is 0.606. The fourth-order valence-electron chi connectivity index (χ4n) is 1.65. The van der Waals surface area contributed by atoms with Gasteiger partial charge >= 0.3 is 0 Å². The third-order valence-electron chi connectivity index (χ3n) is 2.45. The van der Waals surface area contributed by atoms with Crippen LogP contribution >= 0.6 is 0 Å². The predicted octanol–water partition coefficient (Wildman–Crippen LogP) is -0.846. The van der Waals surface area contributed by atoms with Gasteiger partial charge in [0.25, 0.3) is 0 Å². The summed E-state index contributed by atoms with van der Waals surface area (Å²) < 4.78 is 0. The van der Waals surface area contributed by atoms with Gasteiger partial charge in [0.2, 0.25) is 0 Å². The van der Waals surface area contributed by atoms with Gasteiger partial charge in [-0.3, -0.25) is 0 Å². The first-order chi connectivity index (χ1) is 4.83. The topological polar surface area (TPSA) is 36.1 Å². The van der Waals surface area contributed by atoms with Crippen LogP contribution in [0.2, 0.25) is 0 Å². The van der Waals surface area contributed by atoms with E-state index in [0.29, 0.717) is 18.1 Å². The monoisotopic (exact) mass is 143 g/mol. The van der Waals surface area contributed by atoms with Crippen molar-refractivity contribution in [2.75, 3.05) is 21.1 Å². The molecule has 0 aromatic rings. The molecule has 3 heteroatoms. The van der Waals surface area contributed by atoms with Crippen LogP contribution in [0.5, 0.6) is 0 Å². The Hall–Kier alpha value is -0.120. The van der Waals surface area contributed by atoms with Gasteiger partial charge < -0.3 is 16.0 Å². The highest BCUT2D eigenvalue weighted by atomic mass is 15.1. The summed E-state index contributed by atoms with van der Waals surface area (Å²) in [6.07, 6.45) is 1.23. The van der Waals surface area contributed by atoms with Crippen LogP contribution in [-0.2, 0) is 0 Å². The van der Waals surface area contributed by atoms with E-state index in [1.807, 2.05) is 21.1 Å². The fraction of sp³-hybridized carbons (Fsp3) is 1.00. The molecular weight excluding hydrogens is 126 g/mol. The largest absolute Gasteiger partial charge is 0.315 e. The van der Waals surface area contributed by atoms with Crippen molar-refractivity contribution in [2.45, 2.75) is 24.5 Å². The van der Waals surface area contributed by atoms with E-state index < -0.39 is 0 Å². The minimum Gasteiger partial charge on any atom is -0.315 e. The van der Waals surface area contributed by atoms with Crippen LogP contribution in [0.25, 0.3) is 0 Å². The second-order valence-electron chi connectivity index (χ2n) is 2.84. The van der Waals surface area contributed by atoms with Crippen molar-refractivity contribution in [3.8, 4) is 0 Å². The fourth-order valence-corrected chi connectivity index (χ4v) is 1.65. The number of hydrogen-bond donors (Lipinski definition) is 3. The number of rotatable bonds is 3. The van der Waals surface area contributed by atoms with Crippen LogP contribution in [0.15, 0.2) is 0 Å². The predicted molar refractivity (Wildman–Crippen MR) is 43.2 cm³/mol. The van der Waals surface area contributed by atoms with Gasteiger partial charge in [0.05, 0.1) is 0 Å². The van der Waals surface area contributed by atoms with Gasteiger partial charge in [-0.2, -0.15) is 0 Å². The molecule has 0 heterocycles. The van der Waals surface area contributed by atoms with E-state index in [1.54, 1.807) is 0 Å². The Kier molecular flexibility index (Phi) is 2.65. The third kappa shape index (κ3) is 1.17. The highest BCUT2D eigenvalue weighted by Crippen LogP contribution is 2.19. The Labute approximate surface area is 62.6 Å². The highest BCUT2D eigenvalue weighted by molar-refractivity contribution is 5.02. The van der Waals surface area contributed by atoms with Crippen LogP contribution in [-0.4, -0.2) is 39.3 Å². The van der Waals surface area contributed by atoms with Crippen molar-refractivity contribution in [2.24, 2.45) is 0 Å². The molecule has 0 aliphatic heterocycles. The molecule has 3 nitrogen and oxygen atoms in total. The van der Waals surface area contributed by atoms with Gasteiger partial charge in [0, 0.05) is 18.1 Å². The Balaban J connectivity index is 2.30. The molecule has 0 saturated heterocycles. The van der Waals surface area contributed by atoms with Gasteiger partial charge in [-0.05, 0) is 27.6 Å². The van der Waals surface area contributed by atoms with E-state index in [2.05, 4.69) is 16.0 Å². The van der Waals surface area contributed by atoms with E-state index in [9.17, 15) is 0 Å². The molecule has 60 valence electrons. The zero-order valence-electron chi connectivity index (χ0n) is 6.94. The molecule has 1 saturated carbocycles. The van der Waals surface area contributed by atoms with Gasteiger partial charge in [-0.25, -0.2) is 0 Å². The van der Waals surface area contributed by atoms with E-state index in [0.717, 1.165) is 0 Å². The van der Waals surface area contributed by atoms with Gasteiger partial charge in [-0.15, -0.1) is 0 Å². The quantitative estimate of drug-likeness (QED) is 0.482. The lowest BCUT2D eigenvalue weighted by Crippen LogP contribution is -2.66. The summed E-state index contributed by atoms with van der Waals surface area (Å²) in [5.74, 6) is 0. The summed E-state index contributed by atoms with van der Waals surface area (Å²) >= 11 is 0. The summed E-state index contributed by atoms with van der Waals surface area (Å²) in [6.45, 7) is 0. The summed E-state index contributed by atoms with van der Waals surface area (Å²) in [6, 6.07) is 1.92. The molecule has 1 aliphatic carbocycles. The normalized spacial score (nSPS) is 39.3. The van der Waals surface area contributed by atoms with E-state index >= 15 is 0 Å². The highest BCUT2D eigenvalue weighted by Gasteiger charge is 2.37. The van der Waals surface area contributed by atoms with Crippen LogP contribution in [0.3, 0.4) is 0 Å². The molecule has 0 bridgehead atoms. The smallest absolute Gasteiger partial charge is 0.0374 e. The first-order valence-corrected chi connectivity index (χ1v) is 3.85. The second-order valence-corrected chi connectivity index (χ2v) is 2.84. The summed E-state index contributed by atoms with van der Waals surface area (Å²) in [7, 11) is 6.04. The first-order valence-electron chi connectivity index (χ1n) is 3.85. The minimum absolute atomic E-state index is 0.606. The lowest BCUT2D eigenvalue weighted by atomic mass is 9.81. The Morgan fingerprint density at radius 2 is 1.40 bits per heavy atom. The van der Waals surface area contributed by atoms with Crippen LogP contribution in [0, 0.1) is 0 Å². The van der Waals surface area contributed by atoms with Crippen molar-refractivity contribution < 1.29 is 0 Å². The van der Waals surface area contributed by atoms with E-state index in [1.165, 1.54) is 6.42 Å². The maximum atomic E-state index is 3.28. The van der Waals surface area contributed by atoms with Gasteiger partial charge in [0.1, 0.15) is 0 Å². The summed E-state index contributed by atoms with van der Waals surface area (Å²) in [5.41, 5.74) is 0. The Morgan fingerprint density at radius 3 is 1.70 bits per heavy atom.